The Morgan fingerprint density at radius 2 is 0.229 bits per heavy atom. The van der Waals surface area contributed by atoms with Crippen LogP contribution < -0.4 is 0 Å². The molecule has 96 heavy (non-hydrogen) atoms. The maximum absolute atomic E-state index is 9.37. The molecule has 33 nitrogen and oxygen atoms in total. The molecule has 0 aliphatic carbocycles. The molecule has 0 atom stereocenters. The Morgan fingerprint density at radius 1 is 0.125 bits per heavy atom. The number of hydrogen-bond donors (Lipinski definition) is 20. The minimum atomic E-state index is -0.0681. The zero-order valence-corrected chi connectivity index (χ0v) is 59.6. The van der Waals surface area contributed by atoms with E-state index < -0.39 is 0 Å². The Labute approximate surface area is 577 Å². The van der Waals surface area contributed by atoms with Crippen molar-refractivity contribution in [1.82, 2.24) is 63.7 Å². The Kier molecular flexibility index (Phi) is 85.2. The number of aliphatic hydroxyl groups excluding tert-OH is 20. The first kappa shape index (κ1) is 101. The molecule has 0 heterocycles. The highest BCUT2D eigenvalue weighted by molar-refractivity contribution is 4.71. The van der Waals surface area contributed by atoms with Crippen molar-refractivity contribution in [3.63, 3.8) is 0 Å². The topological polar surface area (TPSA) is 447 Å². The van der Waals surface area contributed by atoms with E-state index >= 15 is 0 Å². The predicted octanol–water partition coefficient (Wildman–Crippen LogP) is -10.7. The van der Waals surface area contributed by atoms with Crippen LogP contribution in [0.2, 0.25) is 0 Å². The van der Waals surface area contributed by atoms with Gasteiger partial charge < -0.3 is 107 Å². The van der Waals surface area contributed by atoms with Gasteiger partial charge in [0.1, 0.15) is 0 Å². The Morgan fingerprint density at radius 3 is 0.375 bits per heavy atom. The van der Waals surface area contributed by atoms with Crippen LogP contribution in [-0.4, -0.2) is 547 Å². The third kappa shape index (κ3) is 67.2. The number of nitrogens with zero attached hydrogens (tertiary/aromatic N) is 13. The van der Waals surface area contributed by atoms with Crippen molar-refractivity contribution < 1.29 is 102 Å². The molecule has 0 aromatic rings. The van der Waals surface area contributed by atoms with Crippen LogP contribution in [0.25, 0.3) is 0 Å². The van der Waals surface area contributed by atoms with Crippen molar-refractivity contribution in [1.29, 1.82) is 0 Å². The first-order valence-electron chi connectivity index (χ1n) is 35.3. The first-order chi connectivity index (χ1) is 46.7. The summed E-state index contributed by atoms with van der Waals surface area (Å²) in [5.41, 5.74) is 0. The monoisotopic (exact) mass is 1410 g/mol. The standard InChI is InChI=1S/C20H46N4O6.C15H35N3O4.2C14H33N3O5/c25-15-9-21(3-1-5-23(11-17-27)12-18-28)7-8-22(10-16-26)4-2-6-24(13-19-29)14-20-30;1-16(4-2-6-17(8-12-19)9-13-20)5-3-7-18(10-14-21)11-15-22;18-10-5-15(1-3-16(6-11-19)7-12-20)2-4-17(8-13-21)9-14-22;18-10-6-15(2-1-3-17(14-22)9-13-21)4-5-16(7-11-19)8-12-20/h25-30H,1-20H2;19-22H,2-15H2,1H3;2*18-22H,1-14H2. The maximum Gasteiger partial charge on any atom is 0.0957 e. The number of aliphatic hydroxyl groups is 20. The van der Waals surface area contributed by atoms with Crippen LogP contribution in [0.15, 0.2) is 0 Å². The van der Waals surface area contributed by atoms with Crippen molar-refractivity contribution >= 4 is 0 Å². The molecular weight excluding hydrogens is 1260 g/mol. The lowest BCUT2D eigenvalue weighted by Gasteiger charge is -2.29. The van der Waals surface area contributed by atoms with Crippen molar-refractivity contribution in [2.75, 3.05) is 381 Å². The van der Waals surface area contributed by atoms with Gasteiger partial charge in [-0.05, 0) is 98.1 Å². The molecule has 0 unspecified atom stereocenters. The number of rotatable bonds is 71. The highest BCUT2D eigenvalue weighted by Crippen LogP contribution is 2.03. The summed E-state index contributed by atoms with van der Waals surface area (Å²) in [4.78, 5) is 26.8. The van der Waals surface area contributed by atoms with E-state index in [-0.39, 0.29) is 132 Å². The lowest BCUT2D eigenvalue weighted by atomic mass is 10.3. The minimum Gasteiger partial charge on any atom is -0.395 e. The smallest absolute Gasteiger partial charge is 0.0957 e. The molecule has 0 saturated carbocycles. The molecule has 20 N–H and O–H groups in total. The average Bonchev–Trinajstić information content (AvgIpc) is 3.06. The highest BCUT2D eigenvalue weighted by atomic mass is 16.3. The Hall–Kier alpha value is -1.32. The van der Waals surface area contributed by atoms with Crippen LogP contribution in [0, 0.1) is 0 Å². The predicted molar refractivity (Wildman–Crippen MR) is 375 cm³/mol. The normalized spacial score (nSPS) is 12.1. The van der Waals surface area contributed by atoms with E-state index in [0.29, 0.717) is 144 Å². The second-order valence-corrected chi connectivity index (χ2v) is 23.3. The van der Waals surface area contributed by atoms with Crippen molar-refractivity contribution in [3.05, 3.63) is 0 Å². The van der Waals surface area contributed by atoms with E-state index in [9.17, 15) is 10.2 Å². The quantitative estimate of drug-likeness (QED) is 0.0251. The summed E-state index contributed by atoms with van der Waals surface area (Å²) in [6.45, 7) is 26.4. The van der Waals surface area contributed by atoms with Crippen molar-refractivity contribution in [2.24, 2.45) is 0 Å². The third-order valence-corrected chi connectivity index (χ3v) is 15.9. The SMILES string of the molecule is CN(CCCN(CCO)CCO)CCCN(CCO)CCO.OCCN(CCO)CCCN(CCO)CCN(CCO)CCCN(CCO)CCO.OCCN(CCO)CCN(CCO)CCN(CCO)CCO.OCCN(CO)CCCN(CCO)CCN(CCO)CCO. The van der Waals surface area contributed by atoms with E-state index in [1.54, 1.807) is 4.90 Å². The third-order valence-electron chi connectivity index (χ3n) is 15.9. The Balaban J connectivity index is -0.000000594. The fourth-order valence-electron chi connectivity index (χ4n) is 10.6. The fourth-order valence-corrected chi connectivity index (χ4v) is 10.6. The summed E-state index contributed by atoms with van der Waals surface area (Å²) >= 11 is 0. The maximum atomic E-state index is 9.37. The van der Waals surface area contributed by atoms with Crippen LogP contribution in [-0.2, 0) is 0 Å². The van der Waals surface area contributed by atoms with Gasteiger partial charge in [0.05, 0.1) is 132 Å². The van der Waals surface area contributed by atoms with Crippen LogP contribution in [0.5, 0.6) is 0 Å². The summed E-state index contributed by atoms with van der Waals surface area (Å²) in [5, 5.41) is 181. The summed E-state index contributed by atoms with van der Waals surface area (Å²) in [7, 11) is 2.09. The molecule has 0 saturated heterocycles. The molecule has 33 heteroatoms. The van der Waals surface area contributed by atoms with Gasteiger partial charge in [-0.2, -0.15) is 0 Å². The summed E-state index contributed by atoms with van der Waals surface area (Å²) in [5.74, 6) is 0. The second kappa shape index (κ2) is 81.0. The van der Waals surface area contributed by atoms with Crippen LogP contribution >= 0.6 is 0 Å². The highest BCUT2D eigenvalue weighted by Gasteiger charge is 2.16. The summed E-state index contributed by atoms with van der Waals surface area (Å²) in [6.07, 6.45) is 4.62. The molecule has 0 aromatic carbocycles. The van der Waals surface area contributed by atoms with Gasteiger partial charge in [0.25, 0.3) is 0 Å². The number of hydrogen-bond acceptors (Lipinski definition) is 33. The first-order valence-corrected chi connectivity index (χ1v) is 35.3. The van der Waals surface area contributed by atoms with E-state index in [1.165, 1.54) is 0 Å². The fraction of sp³-hybridized carbons (Fsp3) is 1.00. The zero-order chi connectivity index (χ0) is 72.3. The van der Waals surface area contributed by atoms with E-state index in [2.05, 4.69) is 41.3 Å². The van der Waals surface area contributed by atoms with E-state index in [0.717, 1.165) is 130 Å². The Bertz CT molecular complexity index is 1350. The molecule has 0 aromatic heterocycles. The molecule has 0 amide bonds. The largest absolute Gasteiger partial charge is 0.395 e. The lowest BCUT2D eigenvalue weighted by molar-refractivity contribution is 0.0808. The van der Waals surface area contributed by atoms with Crippen molar-refractivity contribution in [3.8, 4) is 0 Å². The van der Waals surface area contributed by atoms with Crippen LogP contribution in [0.4, 0.5) is 0 Å². The molecule has 0 rings (SSSR count). The lowest BCUT2D eigenvalue weighted by Crippen LogP contribution is -2.43. The van der Waals surface area contributed by atoms with Gasteiger partial charge in [-0.25, -0.2) is 0 Å². The van der Waals surface area contributed by atoms with Crippen LogP contribution in [0.3, 0.4) is 0 Å². The molecule has 584 valence electrons. The van der Waals surface area contributed by atoms with Gasteiger partial charge in [0, 0.05) is 183 Å². The molecule has 0 spiro atoms. The minimum absolute atomic E-state index is 0.0260. The van der Waals surface area contributed by atoms with Gasteiger partial charge in [-0.15, -0.1) is 0 Å². The van der Waals surface area contributed by atoms with Gasteiger partial charge in [-0.3, -0.25) is 58.8 Å². The van der Waals surface area contributed by atoms with Crippen LogP contribution in [0.1, 0.15) is 32.1 Å². The summed E-state index contributed by atoms with van der Waals surface area (Å²) in [6, 6.07) is 0. The molecule has 0 radical (unpaired) electrons. The molecule has 0 bridgehead atoms. The van der Waals surface area contributed by atoms with Gasteiger partial charge in [-0.1, -0.05) is 0 Å². The molecule has 0 fully saturated rings. The molecular formula is C63H147N13O20. The van der Waals surface area contributed by atoms with Gasteiger partial charge in [0.15, 0.2) is 0 Å². The van der Waals surface area contributed by atoms with E-state index in [4.69, 9.17) is 91.9 Å². The van der Waals surface area contributed by atoms with Crippen molar-refractivity contribution in [2.45, 2.75) is 32.1 Å². The van der Waals surface area contributed by atoms with E-state index in [1.807, 2.05) is 24.5 Å². The zero-order valence-electron chi connectivity index (χ0n) is 59.6. The van der Waals surface area contributed by atoms with Gasteiger partial charge in [0.2, 0.25) is 0 Å². The molecule has 0 aliphatic heterocycles. The summed E-state index contributed by atoms with van der Waals surface area (Å²) < 4.78 is 0. The van der Waals surface area contributed by atoms with Gasteiger partial charge >= 0.3 is 0 Å². The average molecular weight is 1410 g/mol. The molecule has 0 aliphatic rings. The second-order valence-electron chi connectivity index (χ2n) is 23.3.